The van der Waals surface area contributed by atoms with Crippen molar-refractivity contribution in [3.05, 3.63) is 29.7 Å². The molecule has 0 bridgehead atoms. The number of nitrogens with two attached hydrogens (primary N) is 1. The number of nitrogens with zero attached hydrogens (tertiary/aromatic N) is 1. The van der Waals surface area contributed by atoms with E-state index in [2.05, 4.69) is 4.98 Å². The number of hydrogen-bond donors (Lipinski definition) is 1. The van der Waals surface area contributed by atoms with Crippen LogP contribution < -0.4 is 5.73 Å². The fraction of sp³-hybridized carbons (Fsp3) is 0.300. The van der Waals surface area contributed by atoms with Crippen LogP contribution in [0.5, 0.6) is 0 Å². The summed E-state index contributed by atoms with van der Waals surface area (Å²) in [7, 11) is 0. The van der Waals surface area contributed by atoms with Gasteiger partial charge in [-0.15, -0.1) is 0 Å². The van der Waals surface area contributed by atoms with Crippen LogP contribution in [0.3, 0.4) is 0 Å². The maximum atomic E-state index is 5.58. The lowest BCUT2D eigenvalue weighted by Gasteiger charge is -1.94. The molecule has 0 spiro atoms. The van der Waals surface area contributed by atoms with Gasteiger partial charge in [0, 0.05) is 18.5 Å². The molecule has 0 aliphatic heterocycles. The zero-order valence-corrected chi connectivity index (χ0v) is 7.58. The fourth-order valence-electron chi connectivity index (χ4n) is 1.36. The Kier molecular flexibility index (Phi) is 2.02. The lowest BCUT2D eigenvalue weighted by atomic mass is 10.2. The van der Waals surface area contributed by atoms with Crippen molar-refractivity contribution in [3.8, 4) is 0 Å². The Balaban J connectivity index is 2.67. The van der Waals surface area contributed by atoms with Gasteiger partial charge in [-0.1, -0.05) is 19.1 Å². The normalized spacial score (nSPS) is 10.9. The Labute approximate surface area is 76.6 Å². The Morgan fingerprint density at radius 2 is 2.31 bits per heavy atom. The highest BCUT2D eigenvalue weighted by molar-refractivity contribution is 5.76. The molecule has 0 radical (unpaired) electrons. The molecule has 0 saturated heterocycles. The molecule has 0 amide bonds. The van der Waals surface area contributed by atoms with Gasteiger partial charge in [-0.05, 0) is 6.07 Å². The molecule has 0 fully saturated rings. The second-order valence-electron chi connectivity index (χ2n) is 2.93. The Morgan fingerprint density at radius 1 is 1.46 bits per heavy atom. The average molecular weight is 176 g/mol. The van der Waals surface area contributed by atoms with Gasteiger partial charge in [0.15, 0.2) is 11.5 Å². The number of para-hydroxylation sites is 1. The van der Waals surface area contributed by atoms with Crippen molar-refractivity contribution in [1.82, 2.24) is 4.98 Å². The molecule has 2 N–H and O–H groups in total. The summed E-state index contributed by atoms with van der Waals surface area (Å²) in [6, 6.07) is 5.86. The molecule has 3 heteroatoms. The Bertz CT molecular complexity index is 420. The van der Waals surface area contributed by atoms with Gasteiger partial charge in [-0.2, -0.15) is 0 Å². The molecular weight excluding hydrogens is 164 g/mol. The first-order valence-electron chi connectivity index (χ1n) is 4.42. The molecule has 0 aliphatic rings. The van der Waals surface area contributed by atoms with Crippen LogP contribution in [0.4, 0.5) is 0 Å². The number of oxazole rings is 1. The molecule has 0 aliphatic carbocycles. The molecule has 0 atom stereocenters. The van der Waals surface area contributed by atoms with Crippen molar-refractivity contribution in [1.29, 1.82) is 0 Å². The maximum Gasteiger partial charge on any atom is 0.195 e. The van der Waals surface area contributed by atoms with E-state index in [1.165, 1.54) is 0 Å². The monoisotopic (exact) mass is 176 g/mol. The van der Waals surface area contributed by atoms with Crippen LogP contribution in [0.15, 0.2) is 22.6 Å². The van der Waals surface area contributed by atoms with E-state index in [0.29, 0.717) is 6.54 Å². The fourth-order valence-corrected chi connectivity index (χ4v) is 1.36. The number of fused-ring (bicyclic) bond motifs is 1. The van der Waals surface area contributed by atoms with Crippen LogP contribution in [0.2, 0.25) is 0 Å². The van der Waals surface area contributed by atoms with E-state index in [0.717, 1.165) is 29.0 Å². The van der Waals surface area contributed by atoms with Crippen LogP contribution in [0.1, 0.15) is 18.4 Å². The third-order valence-electron chi connectivity index (χ3n) is 2.06. The SMILES string of the molecule is CCc1nc2cccc(CN)c2o1. The van der Waals surface area contributed by atoms with Gasteiger partial charge in [0.2, 0.25) is 0 Å². The third kappa shape index (κ3) is 1.31. The molecule has 68 valence electrons. The van der Waals surface area contributed by atoms with Gasteiger partial charge < -0.3 is 10.2 Å². The van der Waals surface area contributed by atoms with Crippen LogP contribution in [-0.4, -0.2) is 4.98 Å². The zero-order valence-electron chi connectivity index (χ0n) is 7.58. The molecule has 1 heterocycles. The molecule has 2 aromatic rings. The highest BCUT2D eigenvalue weighted by atomic mass is 16.3. The predicted octanol–water partition coefficient (Wildman–Crippen LogP) is 1.85. The van der Waals surface area contributed by atoms with E-state index < -0.39 is 0 Å². The van der Waals surface area contributed by atoms with Gasteiger partial charge in [0.05, 0.1) is 0 Å². The maximum absolute atomic E-state index is 5.58. The van der Waals surface area contributed by atoms with E-state index >= 15 is 0 Å². The first-order valence-corrected chi connectivity index (χ1v) is 4.42. The first kappa shape index (κ1) is 8.26. The number of hydrogen-bond acceptors (Lipinski definition) is 3. The second-order valence-corrected chi connectivity index (χ2v) is 2.93. The van der Waals surface area contributed by atoms with Crippen LogP contribution in [0.25, 0.3) is 11.1 Å². The summed E-state index contributed by atoms with van der Waals surface area (Å²) >= 11 is 0. The Morgan fingerprint density at radius 3 is 3.00 bits per heavy atom. The summed E-state index contributed by atoms with van der Waals surface area (Å²) in [5.74, 6) is 0.774. The molecule has 1 aromatic carbocycles. The molecule has 2 rings (SSSR count). The minimum atomic E-state index is 0.496. The third-order valence-corrected chi connectivity index (χ3v) is 2.06. The molecule has 0 unspecified atom stereocenters. The zero-order chi connectivity index (χ0) is 9.26. The topological polar surface area (TPSA) is 52.0 Å². The van der Waals surface area contributed by atoms with E-state index in [-0.39, 0.29) is 0 Å². The number of rotatable bonds is 2. The van der Waals surface area contributed by atoms with Gasteiger partial charge in [0.25, 0.3) is 0 Å². The van der Waals surface area contributed by atoms with E-state index in [1.807, 2.05) is 25.1 Å². The van der Waals surface area contributed by atoms with E-state index in [4.69, 9.17) is 10.2 Å². The number of aromatic nitrogens is 1. The summed E-state index contributed by atoms with van der Waals surface area (Å²) < 4.78 is 5.55. The molecule has 1 aromatic heterocycles. The highest BCUT2D eigenvalue weighted by Gasteiger charge is 2.06. The predicted molar refractivity (Wildman–Crippen MR) is 51.3 cm³/mol. The molecule has 3 nitrogen and oxygen atoms in total. The number of aryl methyl sites for hydroxylation is 1. The summed E-state index contributed by atoms with van der Waals surface area (Å²) in [5.41, 5.74) is 8.33. The summed E-state index contributed by atoms with van der Waals surface area (Å²) in [5, 5.41) is 0. The average Bonchev–Trinajstić information content (AvgIpc) is 2.59. The van der Waals surface area contributed by atoms with Crippen molar-refractivity contribution in [2.75, 3.05) is 0 Å². The summed E-state index contributed by atoms with van der Waals surface area (Å²) in [4.78, 5) is 4.32. The minimum absolute atomic E-state index is 0.496. The molecular formula is C10H12N2O. The van der Waals surface area contributed by atoms with Crippen LogP contribution in [0, 0.1) is 0 Å². The summed E-state index contributed by atoms with van der Waals surface area (Å²) in [6.07, 6.45) is 0.818. The van der Waals surface area contributed by atoms with E-state index in [9.17, 15) is 0 Å². The molecule has 13 heavy (non-hydrogen) atoms. The molecule has 0 saturated carbocycles. The van der Waals surface area contributed by atoms with Crippen molar-refractivity contribution >= 4 is 11.1 Å². The Hall–Kier alpha value is -1.35. The van der Waals surface area contributed by atoms with Crippen molar-refractivity contribution in [2.45, 2.75) is 19.9 Å². The second kappa shape index (κ2) is 3.18. The van der Waals surface area contributed by atoms with Crippen LogP contribution >= 0.6 is 0 Å². The van der Waals surface area contributed by atoms with Gasteiger partial charge in [-0.25, -0.2) is 4.98 Å². The highest BCUT2D eigenvalue weighted by Crippen LogP contribution is 2.19. The largest absolute Gasteiger partial charge is 0.440 e. The summed E-state index contributed by atoms with van der Waals surface area (Å²) in [6.45, 7) is 2.52. The quantitative estimate of drug-likeness (QED) is 0.759. The van der Waals surface area contributed by atoms with Crippen molar-refractivity contribution in [2.24, 2.45) is 5.73 Å². The lowest BCUT2D eigenvalue weighted by molar-refractivity contribution is 0.535. The lowest BCUT2D eigenvalue weighted by Crippen LogP contribution is -1.95. The first-order chi connectivity index (χ1) is 6.35. The van der Waals surface area contributed by atoms with Gasteiger partial charge >= 0.3 is 0 Å². The minimum Gasteiger partial charge on any atom is -0.440 e. The van der Waals surface area contributed by atoms with Gasteiger partial charge in [-0.3, -0.25) is 0 Å². The smallest absolute Gasteiger partial charge is 0.195 e. The van der Waals surface area contributed by atoms with Crippen molar-refractivity contribution < 1.29 is 4.42 Å². The van der Waals surface area contributed by atoms with Gasteiger partial charge in [0.1, 0.15) is 5.52 Å². The van der Waals surface area contributed by atoms with E-state index in [1.54, 1.807) is 0 Å². The van der Waals surface area contributed by atoms with Crippen molar-refractivity contribution in [3.63, 3.8) is 0 Å². The van der Waals surface area contributed by atoms with Crippen LogP contribution in [-0.2, 0) is 13.0 Å². The standard InChI is InChI=1S/C10H12N2O/c1-2-9-12-8-5-3-4-7(6-11)10(8)13-9/h3-5H,2,6,11H2,1H3. The number of benzene rings is 1.